The van der Waals surface area contributed by atoms with Crippen LogP contribution in [0.5, 0.6) is 0 Å². The van der Waals surface area contributed by atoms with E-state index in [4.69, 9.17) is 4.42 Å². The molecule has 0 aromatic carbocycles. The molecule has 0 fully saturated rings. The molecule has 0 saturated heterocycles. The molecule has 2 aromatic heterocycles. The molecule has 0 aliphatic rings. The molecule has 0 radical (unpaired) electrons. The van der Waals surface area contributed by atoms with Crippen LogP contribution in [0.3, 0.4) is 0 Å². The SMILES string of the molecule is O=C(NCCc1cocn1)c1ccc(=O)[nH]n1. The van der Waals surface area contributed by atoms with Gasteiger partial charge in [-0.1, -0.05) is 0 Å². The topological polar surface area (TPSA) is 101 Å². The first-order valence-corrected chi connectivity index (χ1v) is 4.97. The first-order chi connectivity index (χ1) is 8.25. The second-order valence-electron chi connectivity index (χ2n) is 3.29. The Hall–Kier alpha value is -2.44. The van der Waals surface area contributed by atoms with E-state index in [1.54, 1.807) is 0 Å². The van der Waals surface area contributed by atoms with E-state index >= 15 is 0 Å². The summed E-state index contributed by atoms with van der Waals surface area (Å²) in [5.41, 5.74) is 0.591. The Bertz CT molecular complexity index is 526. The molecule has 7 nitrogen and oxygen atoms in total. The number of rotatable bonds is 4. The normalized spacial score (nSPS) is 10.1. The van der Waals surface area contributed by atoms with Crippen molar-refractivity contribution in [3.63, 3.8) is 0 Å². The number of hydrogen-bond donors (Lipinski definition) is 2. The van der Waals surface area contributed by atoms with Gasteiger partial charge in [0.1, 0.15) is 12.0 Å². The number of aromatic amines is 1. The molecule has 17 heavy (non-hydrogen) atoms. The van der Waals surface area contributed by atoms with Crippen molar-refractivity contribution in [2.75, 3.05) is 6.54 Å². The van der Waals surface area contributed by atoms with Crippen LogP contribution in [0.25, 0.3) is 0 Å². The molecule has 2 N–H and O–H groups in total. The lowest BCUT2D eigenvalue weighted by Crippen LogP contribution is -2.27. The number of nitrogens with one attached hydrogen (secondary N) is 2. The summed E-state index contributed by atoms with van der Waals surface area (Å²) in [6, 6.07) is 2.61. The first kappa shape index (κ1) is 11.1. The number of H-pyrrole nitrogens is 1. The van der Waals surface area contributed by atoms with Crippen molar-refractivity contribution in [1.82, 2.24) is 20.5 Å². The molecule has 7 heteroatoms. The predicted molar refractivity (Wildman–Crippen MR) is 57.4 cm³/mol. The molecule has 1 amide bonds. The summed E-state index contributed by atoms with van der Waals surface area (Å²) in [6.45, 7) is 0.423. The zero-order valence-electron chi connectivity index (χ0n) is 8.84. The fraction of sp³-hybridized carbons (Fsp3) is 0.200. The number of oxazole rings is 1. The Balaban J connectivity index is 1.85. The van der Waals surface area contributed by atoms with Crippen LogP contribution >= 0.6 is 0 Å². The Morgan fingerprint density at radius 3 is 3.00 bits per heavy atom. The fourth-order valence-electron chi connectivity index (χ4n) is 1.23. The van der Waals surface area contributed by atoms with E-state index in [0.717, 1.165) is 5.69 Å². The zero-order chi connectivity index (χ0) is 12.1. The van der Waals surface area contributed by atoms with Crippen molar-refractivity contribution < 1.29 is 9.21 Å². The average Bonchev–Trinajstić information content (AvgIpc) is 2.83. The molecule has 0 aliphatic heterocycles. The van der Waals surface area contributed by atoms with Crippen molar-refractivity contribution in [3.8, 4) is 0 Å². The van der Waals surface area contributed by atoms with Crippen molar-refractivity contribution in [2.24, 2.45) is 0 Å². The van der Waals surface area contributed by atoms with Crippen molar-refractivity contribution in [2.45, 2.75) is 6.42 Å². The third kappa shape index (κ3) is 3.00. The van der Waals surface area contributed by atoms with Gasteiger partial charge in [0.2, 0.25) is 0 Å². The number of aromatic nitrogens is 3. The third-order valence-corrected chi connectivity index (χ3v) is 2.06. The predicted octanol–water partition coefficient (Wildman–Crippen LogP) is -0.270. The molecule has 2 aromatic rings. The van der Waals surface area contributed by atoms with Crippen LogP contribution in [0.2, 0.25) is 0 Å². The van der Waals surface area contributed by atoms with Crippen LogP contribution < -0.4 is 10.9 Å². The van der Waals surface area contributed by atoms with Gasteiger partial charge in [-0.2, -0.15) is 5.10 Å². The molecule has 2 heterocycles. The zero-order valence-corrected chi connectivity index (χ0v) is 8.84. The summed E-state index contributed by atoms with van der Waals surface area (Å²) in [5, 5.41) is 8.45. The van der Waals surface area contributed by atoms with Gasteiger partial charge in [0.05, 0.1) is 5.69 Å². The quantitative estimate of drug-likeness (QED) is 0.758. The van der Waals surface area contributed by atoms with Crippen molar-refractivity contribution in [3.05, 3.63) is 46.5 Å². The summed E-state index contributed by atoms with van der Waals surface area (Å²) in [7, 11) is 0. The van der Waals surface area contributed by atoms with Crippen molar-refractivity contribution >= 4 is 5.91 Å². The van der Waals surface area contributed by atoms with E-state index in [9.17, 15) is 9.59 Å². The highest BCUT2D eigenvalue weighted by molar-refractivity contribution is 5.91. The Kier molecular flexibility index (Phi) is 3.29. The molecule has 2 rings (SSSR count). The molecule has 88 valence electrons. The Morgan fingerprint density at radius 1 is 1.47 bits per heavy atom. The number of amides is 1. The van der Waals surface area contributed by atoms with E-state index in [1.165, 1.54) is 24.8 Å². The maximum absolute atomic E-state index is 11.5. The van der Waals surface area contributed by atoms with Crippen LogP contribution in [0.4, 0.5) is 0 Å². The summed E-state index contributed by atoms with van der Waals surface area (Å²) >= 11 is 0. The van der Waals surface area contributed by atoms with Gasteiger partial charge >= 0.3 is 0 Å². The van der Waals surface area contributed by atoms with Gasteiger partial charge in [0, 0.05) is 19.0 Å². The van der Waals surface area contributed by atoms with E-state index in [1.807, 2.05) is 0 Å². The lowest BCUT2D eigenvalue weighted by atomic mass is 10.3. The first-order valence-electron chi connectivity index (χ1n) is 4.97. The number of nitrogens with zero attached hydrogens (tertiary/aromatic N) is 2. The van der Waals surface area contributed by atoms with Gasteiger partial charge in [-0.25, -0.2) is 10.1 Å². The van der Waals surface area contributed by atoms with Crippen molar-refractivity contribution in [1.29, 1.82) is 0 Å². The maximum Gasteiger partial charge on any atom is 0.271 e. The summed E-state index contributed by atoms with van der Waals surface area (Å²) in [6.07, 6.45) is 3.43. The van der Waals surface area contributed by atoms with E-state index in [-0.39, 0.29) is 17.2 Å². The largest absolute Gasteiger partial charge is 0.451 e. The lowest BCUT2D eigenvalue weighted by molar-refractivity contribution is 0.0948. The van der Waals surface area contributed by atoms with Gasteiger partial charge < -0.3 is 9.73 Å². The van der Waals surface area contributed by atoms with E-state index in [2.05, 4.69) is 20.5 Å². The van der Waals surface area contributed by atoms with Gasteiger partial charge in [0.25, 0.3) is 11.5 Å². The van der Waals surface area contributed by atoms with Gasteiger partial charge in [-0.05, 0) is 6.07 Å². The Labute approximate surface area is 95.9 Å². The average molecular weight is 234 g/mol. The molecular formula is C10H10N4O3. The van der Waals surface area contributed by atoms with Gasteiger partial charge in [-0.3, -0.25) is 9.59 Å². The lowest BCUT2D eigenvalue weighted by Gasteiger charge is -2.01. The highest BCUT2D eigenvalue weighted by Gasteiger charge is 2.06. The molecule has 0 bridgehead atoms. The van der Waals surface area contributed by atoms with Gasteiger partial charge in [-0.15, -0.1) is 0 Å². The van der Waals surface area contributed by atoms with E-state index in [0.29, 0.717) is 13.0 Å². The number of carbonyl (C=O) groups is 1. The molecule has 0 aliphatic carbocycles. The minimum Gasteiger partial charge on any atom is -0.451 e. The standard InChI is InChI=1S/C10H10N4O3/c15-9-2-1-8(13-14-9)10(16)11-4-3-7-5-17-6-12-7/h1-2,5-6H,3-4H2,(H,11,16)(H,14,15). The summed E-state index contributed by atoms with van der Waals surface area (Å²) < 4.78 is 4.79. The van der Waals surface area contributed by atoms with Crippen LogP contribution in [0, 0.1) is 0 Å². The molecular weight excluding hydrogens is 224 g/mol. The molecule has 0 spiro atoms. The number of hydrogen-bond acceptors (Lipinski definition) is 5. The minimum absolute atomic E-state index is 0.171. The maximum atomic E-state index is 11.5. The van der Waals surface area contributed by atoms with E-state index < -0.39 is 0 Å². The number of carbonyl (C=O) groups excluding carboxylic acids is 1. The fourth-order valence-corrected chi connectivity index (χ4v) is 1.23. The second-order valence-corrected chi connectivity index (χ2v) is 3.29. The molecule has 0 atom stereocenters. The molecule has 0 unspecified atom stereocenters. The minimum atomic E-state index is -0.343. The van der Waals surface area contributed by atoms with Gasteiger partial charge in [0.15, 0.2) is 6.39 Å². The highest BCUT2D eigenvalue weighted by atomic mass is 16.3. The third-order valence-electron chi connectivity index (χ3n) is 2.06. The van der Waals surface area contributed by atoms with Crippen LogP contribution in [-0.2, 0) is 6.42 Å². The van der Waals surface area contributed by atoms with Crippen LogP contribution in [0.15, 0.2) is 34.0 Å². The monoisotopic (exact) mass is 234 g/mol. The summed E-state index contributed by atoms with van der Waals surface area (Å²) in [4.78, 5) is 26.2. The summed E-state index contributed by atoms with van der Waals surface area (Å²) in [5.74, 6) is -0.343. The highest BCUT2D eigenvalue weighted by Crippen LogP contribution is 1.95. The second kappa shape index (κ2) is 5.06. The molecule has 0 saturated carbocycles. The van der Waals surface area contributed by atoms with Crippen LogP contribution in [0.1, 0.15) is 16.2 Å². The van der Waals surface area contributed by atoms with Crippen LogP contribution in [-0.4, -0.2) is 27.6 Å². The smallest absolute Gasteiger partial charge is 0.271 e. The Morgan fingerprint density at radius 2 is 2.35 bits per heavy atom.